The fraction of sp³-hybridized carbons (Fsp3) is 0.692. The number of hydrogen-bond donors (Lipinski definition) is 1. The summed E-state index contributed by atoms with van der Waals surface area (Å²) in [5, 5.41) is 9.99. The molecule has 1 aliphatic carbocycles. The van der Waals surface area contributed by atoms with Gasteiger partial charge in [0.2, 0.25) is 0 Å². The average molecular weight is 460 g/mol. The Balaban J connectivity index is 2.06. The van der Waals surface area contributed by atoms with Gasteiger partial charge in [-0.2, -0.15) is 0 Å². The number of carbonyl (C=O) groups is 2. The molecule has 1 aromatic heterocycles. The van der Waals surface area contributed by atoms with E-state index in [9.17, 15) is 14.7 Å². The van der Waals surface area contributed by atoms with E-state index in [1.54, 1.807) is 4.90 Å². The first-order chi connectivity index (χ1) is 15.1. The minimum Gasteiger partial charge on any atom is -0.477 e. The second-order valence-electron chi connectivity index (χ2n) is 10.4. The molecule has 2 unspecified atom stereocenters. The van der Waals surface area contributed by atoms with Crippen molar-refractivity contribution in [2.45, 2.75) is 97.6 Å². The number of aromatic carboxylic acids is 1. The standard InChI is InChI=1S/C26H37NO4S/c1-6-7-14-26(5)24(30)27(21(17-31-26)18-11-9-8-10-12-18)20-16-19(13-15-25(2,3)4)32-22(20)23(28)29/h16,18,21H,6-12,14,17H2,1-5H3,(H,28,29). The summed E-state index contributed by atoms with van der Waals surface area (Å²) in [6.45, 7) is 10.5. The SMILES string of the molecule is CCCCC1(C)OCC(C2CCCCC2)N(c2cc(C#CC(C)(C)C)sc2C(=O)O)C1=O. The van der Waals surface area contributed by atoms with Gasteiger partial charge in [-0.25, -0.2) is 4.79 Å². The number of unbranched alkanes of at least 4 members (excludes halogenated alkanes) is 1. The lowest BCUT2D eigenvalue weighted by Crippen LogP contribution is -2.62. The van der Waals surface area contributed by atoms with E-state index in [-0.39, 0.29) is 22.2 Å². The number of morpholine rings is 1. The van der Waals surface area contributed by atoms with Gasteiger partial charge in [-0.3, -0.25) is 4.79 Å². The molecule has 1 aromatic rings. The number of amides is 1. The van der Waals surface area contributed by atoms with Crippen LogP contribution in [0.2, 0.25) is 0 Å². The highest BCUT2D eigenvalue weighted by Crippen LogP contribution is 2.41. The first-order valence-corrected chi connectivity index (χ1v) is 12.8. The molecule has 176 valence electrons. The second kappa shape index (κ2) is 9.97. The monoisotopic (exact) mass is 459 g/mol. The first kappa shape index (κ1) is 24.8. The molecule has 6 heteroatoms. The molecule has 1 amide bonds. The molecule has 2 atom stereocenters. The van der Waals surface area contributed by atoms with Gasteiger partial charge in [0, 0.05) is 5.41 Å². The smallest absolute Gasteiger partial charge is 0.348 e. The van der Waals surface area contributed by atoms with Crippen molar-refractivity contribution in [3.05, 3.63) is 15.8 Å². The number of carbonyl (C=O) groups excluding carboxylic acids is 1. The minimum atomic E-state index is -1.01. The van der Waals surface area contributed by atoms with E-state index in [0.29, 0.717) is 29.5 Å². The Labute approximate surface area is 196 Å². The Morgan fingerprint density at radius 3 is 2.59 bits per heavy atom. The Hall–Kier alpha value is -1.84. The zero-order valence-corrected chi connectivity index (χ0v) is 20.9. The molecular formula is C26H37NO4S. The molecule has 2 fully saturated rings. The molecule has 2 aliphatic rings. The first-order valence-electron chi connectivity index (χ1n) is 11.9. The van der Waals surface area contributed by atoms with Gasteiger partial charge in [0.05, 0.1) is 23.2 Å². The van der Waals surface area contributed by atoms with Crippen molar-refractivity contribution in [1.29, 1.82) is 0 Å². The van der Waals surface area contributed by atoms with Gasteiger partial charge in [-0.1, -0.05) is 50.9 Å². The van der Waals surface area contributed by atoms with Gasteiger partial charge in [-0.15, -0.1) is 11.3 Å². The lowest BCUT2D eigenvalue weighted by Gasteiger charge is -2.47. The lowest BCUT2D eigenvalue weighted by atomic mass is 9.81. The highest BCUT2D eigenvalue weighted by molar-refractivity contribution is 7.15. The number of ether oxygens (including phenoxy) is 1. The third kappa shape index (κ3) is 5.55. The van der Waals surface area contributed by atoms with Crippen LogP contribution in [-0.4, -0.2) is 35.2 Å². The van der Waals surface area contributed by atoms with Crippen LogP contribution >= 0.6 is 11.3 Å². The molecule has 1 N–H and O–H groups in total. The van der Waals surface area contributed by atoms with E-state index < -0.39 is 11.6 Å². The van der Waals surface area contributed by atoms with Crippen LogP contribution in [-0.2, 0) is 9.53 Å². The molecule has 1 saturated heterocycles. The van der Waals surface area contributed by atoms with Crippen molar-refractivity contribution >= 4 is 28.9 Å². The van der Waals surface area contributed by atoms with Crippen LogP contribution in [0.25, 0.3) is 0 Å². The van der Waals surface area contributed by atoms with E-state index in [1.165, 1.54) is 6.42 Å². The van der Waals surface area contributed by atoms with Crippen LogP contribution in [0.3, 0.4) is 0 Å². The van der Waals surface area contributed by atoms with Crippen LogP contribution in [0.4, 0.5) is 5.69 Å². The second-order valence-corrected chi connectivity index (χ2v) is 11.5. The molecular weight excluding hydrogens is 422 g/mol. The summed E-state index contributed by atoms with van der Waals surface area (Å²) in [7, 11) is 0. The maximum absolute atomic E-state index is 13.9. The van der Waals surface area contributed by atoms with E-state index in [2.05, 4.69) is 18.8 Å². The van der Waals surface area contributed by atoms with E-state index in [0.717, 1.165) is 49.9 Å². The lowest BCUT2D eigenvalue weighted by molar-refractivity contribution is -0.154. The predicted octanol–water partition coefficient (Wildman–Crippen LogP) is 6.10. The Morgan fingerprint density at radius 2 is 2.00 bits per heavy atom. The van der Waals surface area contributed by atoms with Crippen molar-refractivity contribution in [2.75, 3.05) is 11.5 Å². The van der Waals surface area contributed by atoms with Crippen molar-refractivity contribution < 1.29 is 19.4 Å². The summed E-state index contributed by atoms with van der Waals surface area (Å²) in [4.78, 5) is 28.7. The summed E-state index contributed by atoms with van der Waals surface area (Å²) < 4.78 is 6.23. The van der Waals surface area contributed by atoms with Crippen molar-refractivity contribution in [2.24, 2.45) is 11.3 Å². The summed E-state index contributed by atoms with van der Waals surface area (Å²) in [6.07, 6.45) is 8.12. The van der Waals surface area contributed by atoms with Crippen LogP contribution < -0.4 is 4.90 Å². The van der Waals surface area contributed by atoms with Crippen LogP contribution in [0.15, 0.2) is 6.07 Å². The fourth-order valence-corrected chi connectivity index (χ4v) is 5.52. The van der Waals surface area contributed by atoms with Gasteiger partial charge >= 0.3 is 5.97 Å². The van der Waals surface area contributed by atoms with Crippen LogP contribution in [0, 0.1) is 23.2 Å². The predicted molar refractivity (Wildman–Crippen MR) is 129 cm³/mol. The summed E-state index contributed by atoms with van der Waals surface area (Å²) in [5.74, 6) is 5.54. The maximum Gasteiger partial charge on any atom is 0.348 e. The Kier molecular flexibility index (Phi) is 7.73. The molecule has 32 heavy (non-hydrogen) atoms. The summed E-state index contributed by atoms with van der Waals surface area (Å²) in [5.41, 5.74) is -0.616. The third-order valence-corrected chi connectivity index (χ3v) is 7.53. The Bertz CT molecular complexity index is 897. The topological polar surface area (TPSA) is 66.8 Å². The normalized spacial score (nSPS) is 24.8. The number of hydrogen-bond acceptors (Lipinski definition) is 4. The molecule has 1 aliphatic heterocycles. The van der Waals surface area contributed by atoms with Crippen molar-refractivity contribution in [3.8, 4) is 11.8 Å². The third-order valence-electron chi connectivity index (χ3n) is 6.50. The number of carboxylic acid groups (broad SMARTS) is 1. The molecule has 2 heterocycles. The molecule has 3 rings (SSSR count). The number of anilines is 1. The maximum atomic E-state index is 13.9. The van der Waals surface area contributed by atoms with Gasteiger partial charge < -0.3 is 14.7 Å². The molecule has 0 spiro atoms. The molecule has 0 bridgehead atoms. The summed E-state index contributed by atoms with van der Waals surface area (Å²) >= 11 is 1.16. The number of thiophene rings is 1. The quantitative estimate of drug-likeness (QED) is 0.522. The number of rotatable bonds is 6. The van der Waals surface area contributed by atoms with E-state index >= 15 is 0 Å². The average Bonchev–Trinajstić information content (AvgIpc) is 3.17. The van der Waals surface area contributed by atoms with Crippen molar-refractivity contribution in [1.82, 2.24) is 0 Å². The summed E-state index contributed by atoms with van der Waals surface area (Å²) in [6, 6.07) is 1.68. The fourth-order valence-electron chi connectivity index (χ4n) is 4.68. The largest absolute Gasteiger partial charge is 0.477 e. The highest BCUT2D eigenvalue weighted by atomic mass is 32.1. The molecule has 5 nitrogen and oxygen atoms in total. The van der Waals surface area contributed by atoms with Gasteiger partial charge in [-0.05, 0) is 58.9 Å². The molecule has 1 saturated carbocycles. The van der Waals surface area contributed by atoms with Crippen LogP contribution in [0.5, 0.6) is 0 Å². The van der Waals surface area contributed by atoms with Gasteiger partial charge in [0.15, 0.2) is 0 Å². The highest BCUT2D eigenvalue weighted by Gasteiger charge is 2.48. The number of nitrogens with zero attached hydrogens (tertiary/aromatic N) is 1. The van der Waals surface area contributed by atoms with Gasteiger partial charge in [0.1, 0.15) is 10.5 Å². The Morgan fingerprint density at radius 1 is 1.31 bits per heavy atom. The number of carboxylic acids is 1. The van der Waals surface area contributed by atoms with E-state index in [4.69, 9.17) is 4.74 Å². The van der Waals surface area contributed by atoms with E-state index in [1.807, 2.05) is 33.8 Å². The zero-order valence-electron chi connectivity index (χ0n) is 20.1. The minimum absolute atomic E-state index is 0.108. The molecule has 0 aromatic carbocycles. The van der Waals surface area contributed by atoms with Gasteiger partial charge in [0.25, 0.3) is 5.91 Å². The zero-order chi connectivity index (χ0) is 23.5. The molecule has 0 radical (unpaired) electrons. The van der Waals surface area contributed by atoms with Crippen LogP contribution in [0.1, 0.15) is 101 Å². The van der Waals surface area contributed by atoms with Crippen molar-refractivity contribution in [3.63, 3.8) is 0 Å².